The Kier molecular flexibility index (Phi) is 8.74. The van der Waals surface area contributed by atoms with Crippen LogP contribution in [0.3, 0.4) is 0 Å². The molecule has 2 aliphatic carbocycles. The van der Waals surface area contributed by atoms with Gasteiger partial charge in [0.2, 0.25) is 23.8 Å². The molecule has 0 aromatic carbocycles. The molecule has 14 heteroatoms. The van der Waals surface area contributed by atoms with Crippen molar-refractivity contribution in [1.29, 1.82) is 0 Å². The van der Waals surface area contributed by atoms with Crippen molar-refractivity contribution in [1.82, 2.24) is 29.9 Å². The van der Waals surface area contributed by atoms with Crippen molar-refractivity contribution in [3.8, 4) is 0 Å². The van der Waals surface area contributed by atoms with Crippen LogP contribution in [-0.4, -0.2) is 103 Å². The number of rotatable bonds is 14. The third kappa shape index (κ3) is 6.20. The summed E-state index contributed by atoms with van der Waals surface area (Å²) in [6, 6.07) is 0. The Bertz CT molecular complexity index is 842. The maximum atomic E-state index is 9.18. The third-order valence-corrected chi connectivity index (χ3v) is 6.36. The van der Waals surface area contributed by atoms with Gasteiger partial charge in [-0.3, -0.25) is 0 Å². The Balaban J connectivity index is 1.60. The van der Waals surface area contributed by atoms with Crippen molar-refractivity contribution in [3.63, 3.8) is 0 Å². The SMILES string of the molecule is OCCNc1nc(NCCO)nc(C2CC3CC(c4nc(NCCO)nc(NCCO)n4)C2C3)n1. The summed E-state index contributed by atoms with van der Waals surface area (Å²) < 4.78 is 0. The van der Waals surface area contributed by atoms with E-state index in [0.717, 1.165) is 19.3 Å². The molecule has 0 spiro atoms. The molecule has 0 amide bonds. The highest BCUT2D eigenvalue weighted by molar-refractivity contribution is 5.38. The molecule has 2 aromatic heterocycles. The number of nitrogens with zero attached hydrogens (tertiary/aromatic N) is 6. The van der Waals surface area contributed by atoms with E-state index in [1.54, 1.807) is 0 Å². The molecule has 4 rings (SSSR count). The molecule has 8 N–H and O–H groups in total. The highest BCUT2D eigenvalue weighted by Crippen LogP contribution is 2.58. The van der Waals surface area contributed by atoms with Crippen molar-refractivity contribution in [2.75, 3.05) is 73.9 Å². The maximum absolute atomic E-state index is 9.18. The summed E-state index contributed by atoms with van der Waals surface area (Å²) in [5.74, 6) is 3.78. The van der Waals surface area contributed by atoms with Crippen LogP contribution in [0.1, 0.15) is 42.7 Å². The molecule has 0 radical (unpaired) electrons. The number of hydrogen-bond donors (Lipinski definition) is 8. The number of aliphatic hydroxyl groups excluding tert-OH is 4. The van der Waals surface area contributed by atoms with Crippen LogP contribution in [0.4, 0.5) is 23.8 Å². The van der Waals surface area contributed by atoms with Crippen LogP contribution >= 0.6 is 0 Å². The quantitative estimate of drug-likeness (QED) is 0.159. The van der Waals surface area contributed by atoms with Crippen LogP contribution in [-0.2, 0) is 0 Å². The maximum Gasteiger partial charge on any atom is 0.227 e. The number of nitrogens with one attached hydrogen (secondary N) is 4. The predicted octanol–water partition coefficient (Wildman–Crippen LogP) is -1.03. The Morgan fingerprint density at radius 2 is 0.857 bits per heavy atom. The Morgan fingerprint density at radius 1 is 0.514 bits per heavy atom. The summed E-state index contributed by atoms with van der Waals surface area (Å²) in [6.07, 6.45) is 2.94. The van der Waals surface area contributed by atoms with Gasteiger partial charge < -0.3 is 41.7 Å². The Labute approximate surface area is 203 Å². The molecule has 14 nitrogen and oxygen atoms in total. The lowest BCUT2D eigenvalue weighted by Gasteiger charge is -2.28. The van der Waals surface area contributed by atoms with Crippen molar-refractivity contribution < 1.29 is 20.4 Å². The van der Waals surface area contributed by atoms with Gasteiger partial charge in [-0.1, -0.05) is 0 Å². The largest absolute Gasteiger partial charge is 0.395 e. The first-order valence-corrected chi connectivity index (χ1v) is 12.1. The smallest absolute Gasteiger partial charge is 0.227 e. The lowest BCUT2D eigenvalue weighted by Crippen LogP contribution is -2.24. The van der Waals surface area contributed by atoms with E-state index in [1.165, 1.54) is 0 Å². The second-order valence-electron chi connectivity index (χ2n) is 8.73. The minimum Gasteiger partial charge on any atom is -0.395 e. The molecule has 2 bridgehead atoms. The van der Waals surface area contributed by atoms with Gasteiger partial charge in [0, 0.05) is 38.0 Å². The van der Waals surface area contributed by atoms with Crippen LogP contribution in [0.15, 0.2) is 0 Å². The van der Waals surface area contributed by atoms with Gasteiger partial charge in [0.15, 0.2) is 0 Å². The van der Waals surface area contributed by atoms with Crippen LogP contribution in [0.25, 0.3) is 0 Å². The molecule has 2 aliphatic rings. The zero-order valence-electron chi connectivity index (χ0n) is 19.6. The monoisotopic (exact) mass is 490 g/mol. The van der Waals surface area contributed by atoms with Crippen molar-refractivity contribution in [2.24, 2.45) is 11.8 Å². The number of aliphatic hydroxyl groups is 4. The number of fused-ring (bicyclic) bond motifs is 2. The predicted molar refractivity (Wildman–Crippen MR) is 128 cm³/mol. The lowest BCUT2D eigenvalue weighted by molar-refractivity contribution is 0.310. The van der Waals surface area contributed by atoms with Crippen molar-refractivity contribution >= 4 is 23.8 Å². The fourth-order valence-corrected chi connectivity index (χ4v) is 5.05. The van der Waals surface area contributed by atoms with E-state index >= 15 is 0 Å². The molecule has 2 aromatic rings. The van der Waals surface area contributed by atoms with Crippen LogP contribution in [0, 0.1) is 11.8 Å². The zero-order valence-corrected chi connectivity index (χ0v) is 19.6. The van der Waals surface area contributed by atoms with Gasteiger partial charge in [-0.15, -0.1) is 0 Å². The van der Waals surface area contributed by atoms with Gasteiger partial charge in [-0.25, -0.2) is 0 Å². The average Bonchev–Trinajstić information content (AvgIpc) is 3.50. The minimum atomic E-state index is -0.0463. The van der Waals surface area contributed by atoms with E-state index in [9.17, 15) is 20.4 Å². The van der Waals surface area contributed by atoms with Gasteiger partial charge in [0.1, 0.15) is 11.6 Å². The molecular weight excluding hydrogens is 456 g/mol. The molecule has 2 saturated carbocycles. The van der Waals surface area contributed by atoms with Crippen LogP contribution in [0.2, 0.25) is 0 Å². The number of anilines is 4. The summed E-state index contributed by atoms with van der Waals surface area (Å²) in [7, 11) is 0. The second-order valence-corrected chi connectivity index (χ2v) is 8.73. The number of aromatic nitrogens is 6. The summed E-state index contributed by atoms with van der Waals surface area (Å²) in [5, 5.41) is 48.8. The first kappa shape index (κ1) is 25.2. The van der Waals surface area contributed by atoms with E-state index in [-0.39, 0.29) is 44.2 Å². The summed E-state index contributed by atoms with van der Waals surface area (Å²) in [5.41, 5.74) is 0. The molecule has 35 heavy (non-hydrogen) atoms. The molecule has 192 valence electrons. The zero-order chi connectivity index (χ0) is 24.6. The van der Waals surface area contributed by atoms with Crippen molar-refractivity contribution in [2.45, 2.75) is 31.1 Å². The van der Waals surface area contributed by atoms with E-state index in [4.69, 9.17) is 0 Å². The minimum absolute atomic E-state index is 0.0463. The van der Waals surface area contributed by atoms with E-state index < -0.39 is 0 Å². The van der Waals surface area contributed by atoms with Gasteiger partial charge in [-0.05, 0) is 31.1 Å². The summed E-state index contributed by atoms with van der Waals surface area (Å²) in [4.78, 5) is 27.3. The van der Waals surface area contributed by atoms with Gasteiger partial charge in [0.05, 0.1) is 26.4 Å². The third-order valence-electron chi connectivity index (χ3n) is 6.36. The van der Waals surface area contributed by atoms with Crippen LogP contribution < -0.4 is 21.3 Å². The van der Waals surface area contributed by atoms with Crippen molar-refractivity contribution in [3.05, 3.63) is 11.6 Å². The summed E-state index contributed by atoms with van der Waals surface area (Å²) in [6.45, 7) is 1.09. The molecule has 2 unspecified atom stereocenters. The highest BCUT2D eigenvalue weighted by Gasteiger charge is 2.49. The fraction of sp³-hybridized carbons (Fsp3) is 0.714. The van der Waals surface area contributed by atoms with E-state index in [2.05, 4.69) is 51.2 Å². The molecule has 2 heterocycles. The van der Waals surface area contributed by atoms with Gasteiger partial charge >= 0.3 is 0 Å². The number of hydrogen-bond acceptors (Lipinski definition) is 14. The molecular formula is C21H34N10O4. The molecule has 0 saturated heterocycles. The van der Waals surface area contributed by atoms with Gasteiger partial charge in [0.25, 0.3) is 0 Å². The molecule has 2 atom stereocenters. The van der Waals surface area contributed by atoms with E-state index in [1.807, 2.05) is 0 Å². The normalized spacial score (nSPS) is 22.9. The Morgan fingerprint density at radius 3 is 1.14 bits per heavy atom. The summed E-state index contributed by atoms with van der Waals surface area (Å²) >= 11 is 0. The second kappa shape index (κ2) is 12.2. The topological polar surface area (TPSA) is 206 Å². The first-order chi connectivity index (χ1) is 17.1. The fourth-order valence-electron chi connectivity index (χ4n) is 5.05. The molecule has 0 aliphatic heterocycles. The molecule has 2 fully saturated rings. The van der Waals surface area contributed by atoms with E-state index in [0.29, 0.717) is 67.5 Å². The van der Waals surface area contributed by atoms with Crippen LogP contribution in [0.5, 0.6) is 0 Å². The van der Waals surface area contributed by atoms with Gasteiger partial charge in [-0.2, -0.15) is 29.9 Å². The Hall–Kier alpha value is -2.94. The lowest BCUT2D eigenvalue weighted by atomic mass is 9.79. The average molecular weight is 491 g/mol. The highest BCUT2D eigenvalue weighted by atomic mass is 16.3. The standard InChI is InChI=1S/C21H34N10O4/c32-5-1-22-18-26-16(27-19(30-18)23-2-6-33)14-10-12-9-13(14)15(11-12)17-28-20(24-3-7-34)31-21(29-17)25-4-8-35/h12-15,32-35H,1-11H2,(H2,22,23,26,27,30)(H2,24,25,28,29,31). The first-order valence-electron chi connectivity index (χ1n) is 12.1.